The maximum absolute atomic E-state index is 13.3. The lowest BCUT2D eigenvalue weighted by Crippen LogP contribution is -2.45. The number of halogens is 3. The average molecular weight is 298 g/mol. The fourth-order valence-electron chi connectivity index (χ4n) is 3.18. The smallest absolute Gasteiger partial charge is 0.314 e. The molecule has 1 saturated heterocycles. The van der Waals surface area contributed by atoms with E-state index in [4.69, 9.17) is 0 Å². The number of hydrogen-bond acceptors (Lipinski definition) is 2. The minimum absolute atomic E-state index is 0.0996. The summed E-state index contributed by atoms with van der Waals surface area (Å²) in [4.78, 5) is 2.22. The Bertz CT molecular complexity index is 477. The Morgan fingerprint density at radius 1 is 1.14 bits per heavy atom. The van der Waals surface area contributed by atoms with E-state index < -0.39 is 11.7 Å². The van der Waals surface area contributed by atoms with Gasteiger partial charge in [0.25, 0.3) is 0 Å². The lowest BCUT2D eigenvalue weighted by atomic mass is 9.94. The Hall–Kier alpha value is -1.07. The zero-order valence-corrected chi connectivity index (χ0v) is 12.0. The third-order valence-electron chi connectivity index (χ3n) is 4.47. The molecule has 1 heterocycles. The summed E-state index contributed by atoms with van der Waals surface area (Å²) in [5.41, 5.74) is -0.00650. The molecule has 2 aliphatic rings. The molecule has 1 atom stereocenters. The van der Waals surface area contributed by atoms with Crippen LogP contribution in [0.3, 0.4) is 0 Å². The molecule has 0 amide bonds. The van der Waals surface area contributed by atoms with Crippen molar-refractivity contribution in [1.82, 2.24) is 10.2 Å². The van der Waals surface area contributed by atoms with E-state index in [1.54, 1.807) is 12.1 Å². The fourth-order valence-corrected chi connectivity index (χ4v) is 3.18. The van der Waals surface area contributed by atoms with Crippen LogP contribution in [0.15, 0.2) is 24.3 Å². The quantitative estimate of drug-likeness (QED) is 0.916. The van der Waals surface area contributed by atoms with Gasteiger partial charge in [-0.15, -0.1) is 0 Å². The van der Waals surface area contributed by atoms with Gasteiger partial charge in [-0.2, -0.15) is 13.2 Å². The van der Waals surface area contributed by atoms with Gasteiger partial charge in [0.2, 0.25) is 0 Å². The molecule has 3 rings (SSSR count). The van der Waals surface area contributed by atoms with Crippen molar-refractivity contribution in [2.45, 2.75) is 31.5 Å². The standard InChI is InChI=1S/C16H21F3N2/c17-16(18,19)14-4-2-1-3-13(14)15(11-12-5-6-12)21-9-7-20-8-10-21/h1-4,12,15,20H,5-11H2/t15-/m0/s1. The summed E-state index contributed by atoms with van der Waals surface area (Å²) < 4.78 is 39.9. The second kappa shape index (κ2) is 5.97. The first-order valence-corrected chi connectivity index (χ1v) is 7.66. The van der Waals surface area contributed by atoms with Crippen molar-refractivity contribution < 1.29 is 13.2 Å². The maximum Gasteiger partial charge on any atom is 0.416 e. The third kappa shape index (κ3) is 3.58. The van der Waals surface area contributed by atoms with E-state index in [1.165, 1.54) is 12.1 Å². The van der Waals surface area contributed by atoms with Crippen LogP contribution in [0, 0.1) is 5.92 Å². The van der Waals surface area contributed by atoms with Gasteiger partial charge in [0, 0.05) is 32.2 Å². The van der Waals surface area contributed by atoms with Gasteiger partial charge in [-0.3, -0.25) is 4.90 Å². The van der Waals surface area contributed by atoms with E-state index in [0.29, 0.717) is 11.5 Å². The summed E-state index contributed by atoms with van der Waals surface area (Å²) in [5.74, 6) is 0.603. The first kappa shape index (κ1) is 14.9. The van der Waals surface area contributed by atoms with E-state index in [1.807, 2.05) is 0 Å². The van der Waals surface area contributed by atoms with Gasteiger partial charge < -0.3 is 5.32 Å². The molecule has 1 aliphatic carbocycles. The number of hydrogen-bond donors (Lipinski definition) is 1. The lowest BCUT2D eigenvalue weighted by Gasteiger charge is -2.36. The van der Waals surface area contributed by atoms with Crippen LogP contribution in [-0.4, -0.2) is 31.1 Å². The third-order valence-corrected chi connectivity index (χ3v) is 4.47. The molecule has 0 spiro atoms. The van der Waals surface area contributed by atoms with Crippen molar-refractivity contribution in [2.24, 2.45) is 5.92 Å². The topological polar surface area (TPSA) is 15.3 Å². The molecule has 21 heavy (non-hydrogen) atoms. The largest absolute Gasteiger partial charge is 0.416 e. The molecule has 1 aliphatic heterocycles. The first-order valence-electron chi connectivity index (χ1n) is 7.66. The minimum atomic E-state index is -4.27. The highest BCUT2D eigenvalue weighted by Gasteiger charge is 2.38. The molecule has 1 aromatic carbocycles. The summed E-state index contributed by atoms with van der Waals surface area (Å²) in [7, 11) is 0. The predicted octanol–water partition coefficient (Wildman–Crippen LogP) is 3.45. The lowest BCUT2D eigenvalue weighted by molar-refractivity contribution is -0.138. The molecular weight excluding hydrogens is 277 g/mol. The van der Waals surface area contributed by atoms with Crippen molar-refractivity contribution in [1.29, 1.82) is 0 Å². The van der Waals surface area contributed by atoms with Crippen molar-refractivity contribution in [2.75, 3.05) is 26.2 Å². The summed E-state index contributed by atoms with van der Waals surface area (Å²) in [6, 6.07) is 6.00. The molecule has 116 valence electrons. The Kier molecular flexibility index (Phi) is 4.22. The highest BCUT2D eigenvalue weighted by Crippen LogP contribution is 2.43. The summed E-state index contributed by atoms with van der Waals surface area (Å²) >= 11 is 0. The minimum Gasteiger partial charge on any atom is -0.314 e. The van der Waals surface area contributed by atoms with Crippen molar-refractivity contribution >= 4 is 0 Å². The molecular formula is C16H21F3N2. The number of benzene rings is 1. The van der Waals surface area contributed by atoms with Crippen LogP contribution < -0.4 is 5.32 Å². The monoisotopic (exact) mass is 298 g/mol. The molecule has 5 heteroatoms. The highest BCUT2D eigenvalue weighted by molar-refractivity contribution is 5.32. The molecule has 0 unspecified atom stereocenters. The van der Waals surface area contributed by atoms with Gasteiger partial charge in [0.15, 0.2) is 0 Å². The van der Waals surface area contributed by atoms with Crippen LogP contribution in [-0.2, 0) is 6.18 Å². The van der Waals surface area contributed by atoms with Crippen LogP contribution in [0.25, 0.3) is 0 Å². The van der Waals surface area contributed by atoms with Crippen molar-refractivity contribution in [3.63, 3.8) is 0 Å². The summed E-state index contributed by atoms with van der Waals surface area (Å²) in [6.45, 7) is 3.36. The average Bonchev–Trinajstić information content (AvgIpc) is 3.29. The molecule has 1 aromatic rings. The van der Waals surface area contributed by atoms with Crippen LogP contribution in [0.1, 0.15) is 36.4 Å². The van der Waals surface area contributed by atoms with E-state index in [9.17, 15) is 13.2 Å². The van der Waals surface area contributed by atoms with Crippen molar-refractivity contribution in [3.8, 4) is 0 Å². The summed E-state index contributed by atoms with van der Waals surface area (Å²) in [5, 5.41) is 3.27. The second-order valence-corrected chi connectivity index (χ2v) is 6.07. The fraction of sp³-hybridized carbons (Fsp3) is 0.625. The predicted molar refractivity (Wildman–Crippen MR) is 76.0 cm³/mol. The zero-order valence-electron chi connectivity index (χ0n) is 12.0. The van der Waals surface area contributed by atoms with Crippen molar-refractivity contribution in [3.05, 3.63) is 35.4 Å². The van der Waals surface area contributed by atoms with E-state index in [2.05, 4.69) is 10.2 Å². The SMILES string of the molecule is FC(F)(F)c1ccccc1[C@H](CC1CC1)N1CCNCC1. The molecule has 0 bridgehead atoms. The summed E-state index contributed by atoms with van der Waals surface area (Å²) in [6.07, 6.45) is -1.09. The first-order chi connectivity index (χ1) is 10.1. The Labute approximate surface area is 123 Å². The van der Waals surface area contributed by atoms with Crippen LogP contribution in [0.4, 0.5) is 13.2 Å². The normalized spacial score (nSPS) is 22.2. The van der Waals surface area contributed by atoms with Crippen LogP contribution in [0.5, 0.6) is 0 Å². The maximum atomic E-state index is 13.3. The number of alkyl halides is 3. The van der Waals surface area contributed by atoms with Crippen LogP contribution >= 0.6 is 0 Å². The Morgan fingerprint density at radius 3 is 2.43 bits per heavy atom. The van der Waals surface area contributed by atoms with E-state index >= 15 is 0 Å². The Balaban J connectivity index is 1.91. The van der Waals surface area contributed by atoms with Gasteiger partial charge in [-0.1, -0.05) is 31.0 Å². The van der Waals surface area contributed by atoms with Gasteiger partial charge in [-0.05, 0) is 24.0 Å². The van der Waals surface area contributed by atoms with Gasteiger partial charge in [-0.25, -0.2) is 0 Å². The molecule has 1 N–H and O–H groups in total. The van der Waals surface area contributed by atoms with Gasteiger partial charge in [0.1, 0.15) is 0 Å². The van der Waals surface area contributed by atoms with Gasteiger partial charge in [0.05, 0.1) is 5.56 Å². The number of rotatable bonds is 4. The van der Waals surface area contributed by atoms with Gasteiger partial charge >= 0.3 is 6.18 Å². The zero-order chi connectivity index (χ0) is 14.9. The number of nitrogens with zero attached hydrogens (tertiary/aromatic N) is 1. The second-order valence-electron chi connectivity index (χ2n) is 6.07. The highest BCUT2D eigenvalue weighted by atomic mass is 19.4. The molecule has 1 saturated carbocycles. The molecule has 2 nitrogen and oxygen atoms in total. The Morgan fingerprint density at radius 2 is 1.81 bits per heavy atom. The molecule has 0 radical (unpaired) electrons. The molecule has 0 aromatic heterocycles. The van der Waals surface area contributed by atoms with E-state index in [0.717, 1.165) is 45.4 Å². The van der Waals surface area contributed by atoms with E-state index in [-0.39, 0.29) is 6.04 Å². The molecule has 2 fully saturated rings. The number of nitrogens with one attached hydrogen (secondary N) is 1. The van der Waals surface area contributed by atoms with Crippen LogP contribution in [0.2, 0.25) is 0 Å². The number of piperazine rings is 1.